The maximum atomic E-state index is 5.83. The van der Waals surface area contributed by atoms with Crippen LogP contribution in [0.2, 0.25) is 0 Å². The van der Waals surface area contributed by atoms with E-state index in [1.807, 2.05) is 6.07 Å². The van der Waals surface area contributed by atoms with Crippen molar-refractivity contribution in [2.75, 3.05) is 46.2 Å². The van der Waals surface area contributed by atoms with Crippen LogP contribution in [-0.2, 0) is 0 Å². The average Bonchev–Trinajstić information content (AvgIpc) is 2.79. The van der Waals surface area contributed by atoms with Crippen molar-refractivity contribution in [1.29, 1.82) is 0 Å². The maximum Gasteiger partial charge on any atom is 0.119 e. The van der Waals surface area contributed by atoms with Crippen LogP contribution in [0.25, 0.3) is 0 Å². The Balaban J connectivity index is 2.36. The van der Waals surface area contributed by atoms with Crippen LogP contribution >= 0.6 is 0 Å². The van der Waals surface area contributed by atoms with E-state index in [2.05, 4.69) is 43.1 Å². The fourth-order valence-corrected chi connectivity index (χ4v) is 2.97. The van der Waals surface area contributed by atoms with Crippen LogP contribution in [0.15, 0.2) is 18.2 Å². The van der Waals surface area contributed by atoms with Crippen LogP contribution in [-0.4, -0.2) is 46.2 Å². The van der Waals surface area contributed by atoms with Gasteiger partial charge >= 0.3 is 0 Å². The van der Waals surface area contributed by atoms with Crippen LogP contribution in [0.5, 0.6) is 5.75 Å². The van der Waals surface area contributed by atoms with Crippen LogP contribution in [0, 0.1) is 5.92 Å². The number of rotatable bonds is 4. The van der Waals surface area contributed by atoms with E-state index in [9.17, 15) is 0 Å². The number of hydrogen-bond donors (Lipinski definition) is 1. The van der Waals surface area contributed by atoms with Gasteiger partial charge in [-0.2, -0.15) is 0 Å². The summed E-state index contributed by atoms with van der Waals surface area (Å²) in [6, 6.07) is 6.75. The lowest BCUT2D eigenvalue weighted by molar-refractivity contribution is 0.313. The molecule has 1 aliphatic heterocycles. The molecule has 0 aliphatic carbocycles. The first kappa shape index (κ1) is 14.2. The van der Waals surface area contributed by atoms with Crippen molar-refractivity contribution in [3.8, 4) is 5.75 Å². The molecule has 2 unspecified atom stereocenters. The highest BCUT2D eigenvalue weighted by Gasteiger charge is 2.31. The lowest BCUT2D eigenvalue weighted by Crippen LogP contribution is -2.22. The largest absolute Gasteiger partial charge is 0.497 e. The van der Waals surface area contributed by atoms with Crippen molar-refractivity contribution in [1.82, 2.24) is 4.90 Å². The summed E-state index contributed by atoms with van der Waals surface area (Å²) in [6.07, 6.45) is 1.13. The van der Waals surface area contributed by atoms with Crippen LogP contribution < -0.4 is 15.4 Å². The van der Waals surface area contributed by atoms with Crippen molar-refractivity contribution in [3.63, 3.8) is 0 Å². The molecule has 1 aromatic carbocycles. The van der Waals surface area contributed by atoms with Gasteiger partial charge in [0.2, 0.25) is 0 Å². The monoisotopic (exact) mass is 263 g/mol. The van der Waals surface area contributed by atoms with E-state index in [0.29, 0.717) is 12.0 Å². The second-order valence-electron chi connectivity index (χ2n) is 5.61. The molecule has 0 amide bonds. The van der Waals surface area contributed by atoms with Gasteiger partial charge in [0.1, 0.15) is 5.75 Å². The number of likely N-dealkylation sites (tertiary alicyclic amines) is 1. The molecule has 2 atom stereocenters. The zero-order valence-electron chi connectivity index (χ0n) is 12.4. The number of hydrogen-bond acceptors (Lipinski definition) is 4. The molecule has 0 saturated carbocycles. The fraction of sp³-hybridized carbons (Fsp3) is 0.600. The molecule has 1 heterocycles. The number of benzene rings is 1. The first-order chi connectivity index (χ1) is 9.06. The molecular formula is C15H25N3O. The standard InChI is InChI=1S/C15H25N3O/c1-17(2)14-6-5-12(19-4)8-13(14)15-7-11(9-16)10-18(15)3/h5-6,8,11,15H,7,9-10,16H2,1-4H3. The Kier molecular flexibility index (Phi) is 4.32. The van der Waals surface area contributed by atoms with E-state index in [-0.39, 0.29) is 0 Å². The minimum absolute atomic E-state index is 0.432. The number of nitrogens with zero attached hydrogens (tertiary/aromatic N) is 2. The molecule has 0 spiro atoms. The van der Waals surface area contributed by atoms with Gasteiger partial charge in [-0.3, -0.25) is 4.90 Å². The molecule has 106 valence electrons. The predicted molar refractivity (Wildman–Crippen MR) is 79.9 cm³/mol. The molecule has 2 N–H and O–H groups in total. The van der Waals surface area contributed by atoms with Crippen molar-refractivity contribution in [2.45, 2.75) is 12.5 Å². The quantitative estimate of drug-likeness (QED) is 0.898. The smallest absolute Gasteiger partial charge is 0.119 e. The normalized spacial score (nSPS) is 23.6. The van der Waals surface area contributed by atoms with Gasteiger partial charge in [-0.05, 0) is 49.7 Å². The summed E-state index contributed by atoms with van der Waals surface area (Å²) >= 11 is 0. The van der Waals surface area contributed by atoms with Crippen LogP contribution in [0.3, 0.4) is 0 Å². The van der Waals surface area contributed by atoms with Gasteiger partial charge < -0.3 is 15.4 Å². The summed E-state index contributed by atoms with van der Waals surface area (Å²) in [5.41, 5.74) is 8.42. The van der Waals surface area contributed by atoms with Crippen molar-refractivity contribution < 1.29 is 4.74 Å². The number of methoxy groups -OCH3 is 1. The molecular weight excluding hydrogens is 238 g/mol. The highest BCUT2D eigenvalue weighted by Crippen LogP contribution is 2.39. The summed E-state index contributed by atoms with van der Waals surface area (Å²) in [6.45, 7) is 1.84. The van der Waals surface area contributed by atoms with Gasteiger partial charge in [0.25, 0.3) is 0 Å². The average molecular weight is 263 g/mol. The lowest BCUT2D eigenvalue weighted by atomic mass is 9.98. The SMILES string of the molecule is COc1ccc(N(C)C)c(C2CC(CN)CN2C)c1. The Hall–Kier alpha value is -1.26. The number of ether oxygens (including phenoxy) is 1. The maximum absolute atomic E-state index is 5.83. The lowest BCUT2D eigenvalue weighted by Gasteiger charge is -2.26. The minimum atomic E-state index is 0.432. The molecule has 1 fully saturated rings. The Bertz CT molecular complexity index is 433. The zero-order chi connectivity index (χ0) is 14.0. The molecule has 1 saturated heterocycles. The van der Waals surface area contributed by atoms with Gasteiger partial charge in [-0.15, -0.1) is 0 Å². The third-order valence-electron chi connectivity index (χ3n) is 4.04. The second kappa shape index (κ2) is 5.80. The molecule has 1 aromatic rings. The van der Waals surface area contributed by atoms with Crippen LogP contribution in [0.1, 0.15) is 18.0 Å². The summed E-state index contributed by atoms with van der Waals surface area (Å²) in [5, 5.41) is 0. The van der Waals surface area contributed by atoms with Gasteiger partial charge in [0.15, 0.2) is 0 Å². The Labute approximate surface area is 116 Å². The molecule has 0 radical (unpaired) electrons. The van der Waals surface area contributed by atoms with Crippen molar-refractivity contribution >= 4 is 5.69 Å². The van der Waals surface area contributed by atoms with Crippen LogP contribution in [0.4, 0.5) is 5.69 Å². The molecule has 2 rings (SSSR count). The molecule has 0 bridgehead atoms. The first-order valence-corrected chi connectivity index (χ1v) is 6.82. The van der Waals surface area contributed by atoms with E-state index in [0.717, 1.165) is 25.3 Å². The topological polar surface area (TPSA) is 41.7 Å². The van der Waals surface area contributed by atoms with E-state index in [1.54, 1.807) is 7.11 Å². The Morgan fingerprint density at radius 3 is 2.68 bits per heavy atom. The van der Waals surface area contributed by atoms with E-state index in [4.69, 9.17) is 10.5 Å². The van der Waals surface area contributed by atoms with Gasteiger partial charge in [-0.1, -0.05) is 0 Å². The van der Waals surface area contributed by atoms with Gasteiger partial charge in [0.05, 0.1) is 7.11 Å². The van der Waals surface area contributed by atoms with Crippen molar-refractivity contribution in [3.05, 3.63) is 23.8 Å². The number of nitrogens with two attached hydrogens (primary N) is 1. The second-order valence-corrected chi connectivity index (χ2v) is 5.61. The van der Waals surface area contributed by atoms with Crippen molar-refractivity contribution in [2.24, 2.45) is 11.7 Å². The highest BCUT2D eigenvalue weighted by molar-refractivity contribution is 5.57. The van der Waals surface area contributed by atoms with Gasteiger partial charge in [-0.25, -0.2) is 0 Å². The zero-order valence-corrected chi connectivity index (χ0v) is 12.4. The summed E-state index contributed by atoms with van der Waals surface area (Å²) < 4.78 is 5.38. The Morgan fingerprint density at radius 2 is 2.16 bits per heavy atom. The predicted octanol–water partition coefficient (Wildman–Crippen LogP) is 1.71. The summed E-state index contributed by atoms with van der Waals surface area (Å²) in [4.78, 5) is 4.57. The van der Waals surface area contributed by atoms with E-state index < -0.39 is 0 Å². The fourth-order valence-electron chi connectivity index (χ4n) is 2.97. The Morgan fingerprint density at radius 1 is 1.42 bits per heavy atom. The summed E-state index contributed by atoms with van der Waals surface area (Å²) in [5.74, 6) is 1.52. The van der Waals surface area contributed by atoms with Gasteiger partial charge in [0, 0.05) is 32.4 Å². The minimum Gasteiger partial charge on any atom is -0.497 e. The molecule has 1 aliphatic rings. The number of anilines is 1. The third-order valence-corrected chi connectivity index (χ3v) is 4.04. The van der Waals surface area contributed by atoms with E-state index >= 15 is 0 Å². The molecule has 4 heteroatoms. The molecule has 0 aromatic heterocycles. The molecule has 19 heavy (non-hydrogen) atoms. The third kappa shape index (κ3) is 2.85. The highest BCUT2D eigenvalue weighted by atomic mass is 16.5. The molecule has 4 nitrogen and oxygen atoms in total. The summed E-state index contributed by atoms with van der Waals surface area (Å²) in [7, 11) is 8.07. The first-order valence-electron chi connectivity index (χ1n) is 6.82. The van der Waals surface area contributed by atoms with E-state index in [1.165, 1.54) is 11.3 Å².